The fraction of sp³-hybridized carbons (Fsp3) is 0.625. The molecule has 1 nitrogen and oxygen atoms in total. The Kier molecular flexibility index (Phi) is 0.778. The van der Waals surface area contributed by atoms with Gasteiger partial charge in [-0.25, -0.2) is 0 Å². The van der Waals surface area contributed by atoms with Crippen molar-refractivity contribution in [2.75, 3.05) is 0 Å². The van der Waals surface area contributed by atoms with E-state index >= 15 is 0 Å². The van der Waals surface area contributed by atoms with Crippen LogP contribution >= 0.6 is 0 Å². The number of hydrogen-bond acceptors (Lipinski definition) is 1. The number of nitriles is 1. The standard InChI is InChI=1S/C8H9N/c9-6-8-3-1-7(5-8)2-4-8/h1H,2-5H2. The van der Waals surface area contributed by atoms with Crippen LogP contribution in [-0.2, 0) is 0 Å². The molecule has 0 heterocycles. The first kappa shape index (κ1) is 5.05. The smallest absolute Gasteiger partial charge is 0.0696 e. The number of fused-ring (bicyclic) bond motifs is 2. The van der Waals surface area contributed by atoms with E-state index in [0.29, 0.717) is 0 Å². The van der Waals surface area contributed by atoms with Crippen molar-refractivity contribution in [1.29, 1.82) is 5.26 Å². The quantitative estimate of drug-likeness (QED) is 0.447. The Morgan fingerprint density at radius 1 is 1.67 bits per heavy atom. The maximum Gasteiger partial charge on any atom is 0.0696 e. The van der Waals surface area contributed by atoms with Crippen molar-refractivity contribution in [3.8, 4) is 6.07 Å². The van der Waals surface area contributed by atoms with Gasteiger partial charge in [0, 0.05) is 0 Å². The highest BCUT2D eigenvalue weighted by Crippen LogP contribution is 2.49. The maximum absolute atomic E-state index is 8.76. The lowest BCUT2D eigenvalue weighted by Gasteiger charge is -2.13. The first-order chi connectivity index (χ1) is 4.35. The number of rotatable bonds is 0. The molecule has 0 saturated heterocycles. The second-order valence-electron chi connectivity index (χ2n) is 3.14. The average molecular weight is 119 g/mol. The van der Waals surface area contributed by atoms with Gasteiger partial charge in [0.2, 0.25) is 0 Å². The highest BCUT2D eigenvalue weighted by atomic mass is 14.5. The van der Waals surface area contributed by atoms with Crippen molar-refractivity contribution < 1.29 is 0 Å². The Bertz CT molecular complexity index is 209. The van der Waals surface area contributed by atoms with E-state index in [1.165, 1.54) is 12.0 Å². The molecule has 0 amide bonds. The van der Waals surface area contributed by atoms with Gasteiger partial charge >= 0.3 is 0 Å². The van der Waals surface area contributed by atoms with Crippen molar-refractivity contribution >= 4 is 0 Å². The molecule has 2 aliphatic rings. The molecule has 0 aromatic rings. The molecule has 2 bridgehead atoms. The Labute approximate surface area is 55.0 Å². The van der Waals surface area contributed by atoms with Crippen molar-refractivity contribution in [2.45, 2.75) is 25.7 Å². The van der Waals surface area contributed by atoms with Crippen LogP contribution in [0.5, 0.6) is 0 Å². The Hall–Kier alpha value is -0.770. The van der Waals surface area contributed by atoms with E-state index in [1.54, 1.807) is 0 Å². The molecule has 9 heavy (non-hydrogen) atoms. The third-order valence-corrected chi connectivity index (χ3v) is 2.51. The Balaban J connectivity index is 2.34. The van der Waals surface area contributed by atoms with Gasteiger partial charge in [0.15, 0.2) is 0 Å². The van der Waals surface area contributed by atoms with Gasteiger partial charge in [-0.1, -0.05) is 11.6 Å². The Morgan fingerprint density at radius 2 is 2.56 bits per heavy atom. The van der Waals surface area contributed by atoms with Gasteiger partial charge in [0.1, 0.15) is 0 Å². The van der Waals surface area contributed by atoms with Gasteiger partial charge < -0.3 is 0 Å². The second-order valence-corrected chi connectivity index (χ2v) is 3.14. The van der Waals surface area contributed by atoms with E-state index in [-0.39, 0.29) is 5.41 Å². The van der Waals surface area contributed by atoms with Crippen LogP contribution in [0.2, 0.25) is 0 Å². The first-order valence-electron chi connectivity index (χ1n) is 3.44. The Morgan fingerprint density at radius 3 is 2.78 bits per heavy atom. The summed E-state index contributed by atoms with van der Waals surface area (Å²) in [5.41, 5.74) is 1.59. The molecule has 1 atom stereocenters. The molecule has 1 saturated carbocycles. The molecule has 2 aliphatic carbocycles. The van der Waals surface area contributed by atoms with Crippen LogP contribution in [0.4, 0.5) is 0 Å². The minimum atomic E-state index is 0.0648. The maximum atomic E-state index is 8.76. The number of hydrogen-bond donors (Lipinski definition) is 0. The summed E-state index contributed by atoms with van der Waals surface area (Å²) >= 11 is 0. The fourth-order valence-electron chi connectivity index (χ4n) is 1.84. The zero-order valence-corrected chi connectivity index (χ0v) is 5.35. The molecule has 0 aliphatic heterocycles. The van der Waals surface area contributed by atoms with E-state index in [2.05, 4.69) is 12.1 Å². The van der Waals surface area contributed by atoms with Crippen LogP contribution in [0.25, 0.3) is 0 Å². The predicted molar refractivity (Wildman–Crippen MR) is 34.6 cm³/mol. The highest BCUT2D eigenvalue weighted by Gasteiger charge is 2.39. The molecular weight excluding hydrogens is 110 g/mol. The monoisotopic (exact) mass is 119 g/mol. The molecule has 0 aromatic heterocycles. The van der Waals surface area contributed by atoms with Crippen LogP contribution < -0.4 is 0 Å². The summed E-state index contributed by atoms with van der Waals surface area (Å²) in [5, 5.41) is 8.76. The van der Waals surface area contributed by atoms with Crippen molar-refractivity contribution in [3.05, 3.63) is 11.6 Å². The molecule has 0 radical (unpaired) electrons. The average Bonchev–Trinajstić information content (AvgIpc) is 2.46. The van der Waals surface area contributed by atoms with Crippen molar-refractivity contribution in [2.24, 2.45) is 5.41 Å². The fourth-order valence-corrected chi connectivity index (χ4v) is 1.84. The molecule has 1 fully saturated rings. The molecule has 0 N–H and O–H groups in total. The predicted octanol–water partition coefficient (Wildman–Crippen LogP) is 2.01. The normalized spacial score (nSPS) is 38.3. The lowest BCUT2D eigenvalue weighted by Crippen LogP contribution is -2.09. The van der Waals surface area contributed by atoms with E-state index < -0.39 is 0 Å². The number of allylic oxidation sites excluding steroid dienone is 2. The minimum Gasteiger partial charge on any atom is -0.198 e. The van der Waals surface area contributed by atoms with Gasteiger partial charge in [-0.15, -0.1) is 0 Å². The van der Waals surface area contributed by atoms with Crippen LogP contribution in [0.1, 0.15) is 25.7 Å². The third-order valence-electron chi connectivity index (χ3n) is 2.51. The molecular formula is C8H9N. The summed E-state index contributed by atoms with van der Waals surface area (Å²) in [5.74, 6) is 0. The van der Waals surface area contributed by atoms with Crippen molar-refractivity contribution in [3.63, 3.8) is 0 Å². The van der Waals surface area contributed by atoms with Gasteiger partial charge in [-0.3, -0.25) is 0 Å². The van der Waals surface area contributed by atoms with Crippen LogP contribution in [0, 0.1) is 16.7 Å². The van der Waals surface area contributed by atoms with Crippen LogP contribution in [0.15, 0.2) is 11.6 Å². The summed E-state index contributed by atoms with van der Waals surface area (Å²) in [6.45, 7) is 0. The van der Waals surface area contributed by atoms with Crippen molar-refractivity contribution in [1.82, 2.24) is 0 Å². The van der Waals surface area contributed by atoms with E-state index in [4.69, 9.17) is 5.26 Å². The van der Waals surface area contributed by atoms with E-state index in [1.807, 2.05) is 0 Å². The molecule has 0 aromatic carbocycles. The lowest BCUT2D eigenvalue weighted by atomic mass is 9.87. The minimum absolute atomic E-state index is 0.0648. The number of nitrogens with zero attached hydrogens (tertiary/aromatic N) is 1. The molecule has 46 valence electrons. The van der Waals surface area contributed by atoms with E-state index in [0.717, 1.165) is 19.3 Å². The second kappa shape index (κ2) is 1.39. The molecule has 2 rings (SSSR count). The molecule has 1 unspecified atom stereocenters. The zero-order chi connectivity index (χ0) is 6.32. The highest BCUT2D eigenvalue weighted by molar-refractivity contribution is 5.26. The summed E-state index contributed by atoms with van der Waals surface area (Å²) in [7, 11) is 0. The van der Waals surface area contributed by atoms with Gasteiger partial charge in [-0.2, -0.15) is 5.26 Å². The summed E-state index contributed by atoms with van der Waals surface area (Å²) in [6, 6.07) is 2.42. The van der Waals surface area contributed by atoms with Crippen LogP contribution in [0.3, 0.4) is 0 Å². The third kappa shape index (κ3) is 0.535. The largest absolute Gasteiger partial charge is 0.198 e. The molecule has 1 heteroatoms. The molecule has 0 spiro atoms. The van der Waals surface area contributed by atoms with E-state index in [9.17, 15) is 0 Å². The lowest BCUT2D eigenvalue weighted by molar-refractivity contribution is 0.434. The van der Waals surface area contributed by atoms with Gasteiger partial charge in [0.05, 0.1) is 11.5 Å². The summed E-state index contributed by atoms with van der Waals surface area (Å²) < 4.78 is 0. The topological polar surface area (TPSA) is 23.8 Å². The summed E-state index contributed by atoms with van der Waals surface area (Å²) in [6.07, 6.45) is 6.65. The van der Waals surface area contributed by atoms with Gasteiger partial charge in [-0.05, 0) is 25.7 Å². The van der Waals surface area contributed by atoms with Crippen LogP contribution in [-0.4, -0.2) is 0 Å². The zero-order valence-electron chi connectivity index (χ0n) is 5.35. The SMILES string of the molecule is N#CC12CC=C(CC1)C2. The van der Waals surface area contributed by atoms with Gasteiger partial charge in [0.25, 0.3) is 0 Å². The summed E-state index contributed by atoms with van der Waals surface area (Å²) in [4.78, 5) is 0. The first-order valence-corrected chi connectivity index (χ1v) is 3.44.